The molecule has 1 atom stereocenters. The van der Waals surface area contributed by atoms with Gasteiger partial charge in [-0.25, -0.2) is 0 Å². The second-order valence-electron chi connectivity index (χ2n) is 8.10. The molecule has 2 aromatic heterocycles. The van der Waals surface area contributed by atoms with Crippen LogP contribution < -0.4 is 0 Å². The van der Waals surface area contributed by atoms with Crippen LogP contribution in [0.15, 0.2) is 71.3 Å². The van der Waals surface area contributed by atoms with Crippen molar-refractivity contribution < 1.29 is 13.9 Å². The fraction of sp³-hybridized carbons (Fsp3) is 0.320. The predicted molar refractivity (Wildman–Crippen MR) is 120 cm³/mol. The normalized spacial score (nSPS) is 16.9. The van der Waals surface area contributed by atoms with Gasteiger partial charge in [0.1, 0.15) is 11.3 Å². The minimum absolute atomic E-state index is 0.104. The maximum Gasteiger partial charge on any atom is 0.156 e. The number of aromatic nitrogens is 2. The van der Waals surface area contributed by atoms with Crippen molar-refractivity contribution in [1.29, 1.82) is 0 Å². The zero-order chi connectivity index (χ0) is 21.0. The zero-order valence-electron chi connectivity index (χ0n) is 17.7. The molecule has 0 N–H and O–H groups in total. The lowest BCUT2D eigenvalue weighted by Gasteiger charge is -2.27. The number of hydrogen-bond acceptors (Lipinski definition) is 5. The summed E-state index contributed by atoms with van der Waals surface area (Å²) in [5, 5.41) is 6.00. The van der Waals surface area contributed by atoms with Crippen molar-refractivity contribution in [2.24, 2.45) is 0 Å². The molecule has 1 aliphatic rings. The van der Waals surface area contributed by atoms with Crippen molar-refractivity contribution in [3.8, 4) is 11.5 Å². The average molecular weight is 418 g/mol. The van der Waals surface area contributed by atoms with E-state index >= 15 is 0 Å². The van der Waals surface area contributed by atoms with E-state index in [4.69, 9.17) is 19.0 Å². The summed E-state index contributed by atoms with van der Waals surface area (Å²) in [6, 6.07) is 20.5. The lowest BCUT2D eigenvalue weighted by molar-refractivity contribution is -0.0962. The standard InChI is InChI=1S/C25H27N3O3/c1-27(17-22-18-29-11-12-30-22)15-21-16-28(14-19-7-3-2-4-8-19)26-25(21)24-13-20-9-5-6-10-23(20)31-24/h2-10,13,16,22H,11-12,14-15,17-18H2,1H3. The first-order valence-electron chi connectivity index (χ1n) is 10.7. The monoisotopic (exact) mass is 417 g/mol. The molecule has 6 heteroatoms. The molecule has 0 bridgehead atoms. The SMILES string of the molecule is CN(Cc1cn(Cc2ccccc2)nc1-c1cc2ccccc2o1)CC1COCCO1. The van der Waals surface area contributed by atoms with Crippen LogP contribution in [0.5, 0.6) is 0 Å². The van der Waals surface area contributed by atoms with E-state index in [9.17, 15) is 0 Å². The highest BCUT2D eigenvalue weighted by Gasteiger charge is 2.20. The van der Waals surface area contributed by atoms with Gasteiger partial charge in [-0.15, -0.1) is 0 Å². The van der Waals surface area contributed by atoms with E-state index in [0.29, 0.717) is 19.8 Å². The Bertz CT molecular complexity index is 1100. The summed E-state index contributed by atoms with van der Waals surface area (Å²) in [4.78, 5) is 2.26. The van der Waals surface area contributed by atoms with Crippen LogP contribution in [-0.2, 0) is 22.6 Å². The van der Waals surface area contributed by atoms with Crippen LogP contribution in [0.4, 0.5) is 0 Å². The van der Waals surface area contributed by atoms with E-state index in [-0.39, 0.29) is 6.10 Å². The van der Waals surface area contributed by atoms with Crippen molar-refractivity contribution >= 4 is 11.0 Å². The maximum absolute atomic E-state index is 6.15. The smallest absolute Gasteiger partial charge is 0.156 e. The summed E-state index contributed by atoms with van der Waals surface area (Å²) in [6.45, 7) is 4.27. The first kappa shape index (κ1) is 20.0. The largest absolute Gasteiger partial charge is 0.454 e. The van der Waals surface area contributed by atoms with E-state index in [0.717, 1.165) is 47.6 Å². The van der Waals surface area contributed by atoms with Crippen molar-refractivity contribution in [3.63, 3.8) is 0 Å². The van der Waals surface area contributed by atoms with Crippen molar-refractivity contribution in [2.45, 2.75) is 19.2 Å². The molecular formula is C25H27N3O3. The van der Waals surface area contributed by atoms with Crippen LogP contribution in [0, 0.1) is 0 Å². The van der Waals surface area contributed by atoms with E-state index in [2.05, 4.69) is 54.5 Å². The molecule has 2 aromatic carbocycles. The Hall–Kier alpha value is -2.93. The molecule has 0 spiro atoms. The molecule has 6 nitrogen and oxygen atoms in total. The third kappa shape index (κ3) is 4.71. The van der Waals surface area contributed by atoms with Crippen molar-refractivity contribution in [2.75, 3.05) is 33.4 Å². The number of fused-ring (bicyclic) bond motifs is 1. The minimum atomic E-state index is 0.104. The van der Waals surface area contributed by atoms with Gasteiger partial charge in [0.15, 0.2) is 5.76 Å². The van der Waals surface area contributed by atoms with Gasteiger partial charge in [-0.2, -0.15) is 5.10 Å². The molecule has 0 aliphatic carbocycles. The minimum Gasteiger partial charge on any atom is -0.454 e. The Kier molecular flexibility index (Phi) is 5.84. The van der Waals surface area contributed by atoms with E-state index in [1.54, 1.807) is 0 Å². The summed E-state index contributed by atoms with van der Waals surface area (Å²) >= 11 is 0. The lowest BCUT2D eigenvalue weighted by Crippen LogP contribution is -2.38. The Morgan fingerprint density at radius 3 is 2.71 bits per heavy atom. The van der Waals surface area contributed by atoms with Crippen LogP contribution in [0.1, 0.15) is 11.1 Å². The van der Waals surface area contributed by atoms with Crippen LogP contribution in [-0.4, -0.2) is 54.2 Å². The van der Waals surface area contributed by atoms with Gasteiger partial charge in [0.2, 0.25) is 0 Å². The Balaban J connectivity index is 1.42. The molecule has 0 saturated carbocycles. The molecule has 31 heavy (non-hydrogen) atoms. The fourth-order valence-corrected chi connectivity index (χ4v) is 4.08. The van der Waals surface area contributed by atoms with Crippen molar-refractivity contribution in [1.82, 2.24) is 14.7 Å². The first-order valence-corrected chi connectivity index (χ1v) is 10.7. The Morgan fingerprint density at radius 1 is 1.06 bits per heavy atom. The Labute approximate surface area is 182 Å². The van der Waals surface area contributed by atoms with Gasteiger partial charge in [0, 0.05) is 30.2 Å². The molecule has 4 aromatic rings. The van der Waals surface area contributed by atoms with Crippen LogP contribution in [0.2, 0.25) is 0 Å². The summed E-state index contributed by atoms with van der Waals surface area (Å²) in [7, 11) is 2.11. The highest BCUT2D eigenvalue weighted by atomic mass is 16.6. The molecule has 3 heterocycles. The highest BCUT2D eigenvalue weighted by molar-refractivity contribution is 5.82. The van der Waals surface area contributed by atoms with Crippen LogP contribution >= 0.6 is 0 Å². The van der Waals surface area contributed by atoms with Gasteiger partial charge in [-0.3, -0.25) is 9.58 Å². The van der Waals surface area contributed by atoms with Crippen LogP contribution in [0.3, 0.4) is 0 Å². The number of rotatable bonds is 7. The average Bonchev–Trinajstić information content (AvgIpc) is 3.38. The third-order valence-electron chi connectivity index (χ3n) is 5.52. The number of furan rings is 1. The van der Waals surface area contributed by atoms with Gasteiger partial charge in [0.05, 0.1) is 32.5 Å². The maximum atomic E-state index is 6.15. The molecule has 1 fully saturated rings. The highest BCUT2D eigenvalue weighted by Crippen LogP contribution is 2.30. The second-order valence-corrected chi connectivity index (χ2v) is 8.10. The summed E-state index contributed by atoms with van der Waals surface area (Å²) < 4.78 is 19.5. The van der Waals surface area contributed by atoms with Crippen molar-refractivity contribution in [3.05, 3.63) is 78.0 Å². The molecule has 0 radical (unpaired) electrons. The third-order valence-corrected chi connectivity index (χ3v) is 5.52. The number of benzene rings is 2. The summed E-state index contributed by atoms with van der Waals surface area (Å²) in [6.07, 6.45) is 2.23. The van der Waals surface area contributed by atoms with E-state index in [1.807, 2.05) is 28.9 Å². The van der Waals surface area contributed by atoms with Gasteiger partial charge in [0.25, 0.3) is 0 Å². The van der Waals surface area contributed by atoms with E-state index in [1.165, 1.54) is 5.56 Å². The predicted octanol–water partition coefficient (Wildman–Crippen LogP) is 4.19. The Morgan fingerprint density at radius 2 is 1.90 bits per heavy atom. The molecule has 160 valence electrons. The quantitative estimate of drug-likeness (QED) is 0.451. The van der Waals surface area contributed by atoms with Gasteiger partial charge in [-0.05, 0) is 24.7 Å². The molecule has 1 saturated heterocycles. The van der Waals surface area contributed by atoms with Crippen LogP contribution in [0.25, 0.3) is 22.4 Å². The van der Waals surface area contributed by atoms with E-state index < -0.39 is 0 Å². The lowest BCUT2D eigenvalue weighted by atomic mass is 10.1. The molecule has 1 aliphatic heterocycles. The number of nitrogens with zero attached hydrogens (tertiary/aromatic N) is 3. The number of likely N-dealkylation sites (N-methyl/N-ethyl adjacent to an activating group) is 1. The number of para-hydroxylation sites is 1. The summed E-state index contributed by atoms with van der Waals surface area (Å²) in [5.74, 6) is 0.800. The molecule has 1 unspecified atom stereocenters. The molecular weight excluding hydrogens is 390 g/mol. The first-order chi connectivity index (χ1) is 15.2. The fourth-order valence-electron chi connectivity index (χ4n) is 4.08. The van der Waals surface area contributed by atoms with Gasteiger partial charge < -0.3 is 13.9 Å². The zero-order valence-corrected chi connectivity index (χ0v) is 17.7. The van der Waals surface area contributed by atoms with Gasteiger partial charge in [-0.1, -0.05) is 48.5 Å². The molecule has 5 rings (SSSR count). The second kappa shape index (κ2) is 9.06. The summed E-state index contributed by atoms with van der Waals surface area (Å²) in [5.41, 5.74) is 4.12. The van der Waals surface area contributed by atoms with Gasteiger partial charge >= 0.3 is 0 Å². The topological polar surface area (TPSA) is 52.7 Å². The number of ether oxygens (including phenoxy) is 2. The molecule has 0 amide bonds. The number of hydrogen-bond donors (Lipinski definition) is 0.